The van der Waals surface area contributed by atoms with Gasteiger partial charge in [0.05, 0.1) is 6.10 Å². The van der Waals surface area contributed by atoms with E-state index in [2.05, 4.69) is 20.6 Å². The number of aromatic nitrogens is 2. The average Bonchev–Trinajstić information content (AvgIpc) is 3.25. The number of ether oxygens (including phenoxy) is 1. The monoisotopic (exact) mass is 292 g/mol. The fourth-order valence-corrected chi connectivity index (χ4v) is 2.60. The van der Waals surface area contributed by atoms with Crippen molar-refractivity contribution in [2.45, 2.75) is 50.7 Å². The van der Waals surface area contributed by atoms with Crippen LogP contribution in [0.5, 0.6) is 0 Å². The minimum Gasteiger partial charge on any atom is -0.385 e. The van der Waals surface area contributed by atoms with Crippen LogP contribution in [0.2, 0.25) is 0 Å². The van der Waals surface area contributed by atoms with Gasteiger partial charge in [-0.15, -0.1) is 0 Å². The van der Waals surface area contributed by atoms with Crippen molar-refractivity contribution in [2.24, 2.45) is 0 Å². The molecule has 0 radical (unpaired) electrons. The molecule has 0 spiro atoms. The molecule has 1 saturated heterocycles. The topological polar surface area (TPSA) is 79.3 Å². The van der Waals surface area contributed by atoms with E-state index in [4.69, 9.17) is 4.74 Å². The minimum atomic E-state index is -0.816. The molecule has 2 atom stereocenters. The van der Waals surface area contributed by atoms with Gasteiger partial charge in [0.25, 0.3) is 0 Å². The summed E-state index contributed by atoms with van der Waals surface area (Å²) in [5.41, 5.74) is -0.816. The third-order valence-electron chi connectivity index (χ3n) is 4.28. The molecule has 6 heteroatoms. The Morgan fingerprint density at radius 1 is 1.33 bits per heavy atom. The van der Waals surface area contributed by atoms with E-state index in [1.807, 2.05) is 19.9 Å². The predicted molar refractivity (Wildman–Crippen MR) is 81.6 cm³/mol. The number of hydrogen-bond acceptors (Lipinski definition) is 6. The molecule has 3 N–H and O–H groups in total. The number of aliphatic hydroxyl groups is 1. The molecule has 2 aliphatic rings. The smallest absolute Gasteiger partial charge is 0.136 e. The van der Waals surface area contributed by atoms with Gasteiger partial charge in [-0.25, -0.2) is 9.97 Å². The summed E-state index contributed by atoms with van der Waals surface area (Å²) < 4.78 is 5.46. The van der Waals surface area contributed by atoms with Crippen LogP contribution in [0.4, 0.5) is 11.6 Å². The van der Waals surface area contributed by atoms with Gasteiger partial charge >= 0.3 is 0 Å². The van der Waals surface area contributed by atoms with Crippen LogP contribution in [0, 0.1) is 0 Å². The highest BCUT2D eigenvalue weighted by Crippen LogP contribution is 2.39. The summed E-state index contributed by atoms with van der Waals surface area (Å²) in [5.74, 6) is 3.02. The summed E-state index contributed by atoms with van der Waals surface area (Å²) in [6.45, 7) is 5.84. The van der Waals surface area contributed by atoms with Crippen molar-refractivity contribution in [1.29, 1.82) is 0 Å². The predicted octanol–water partition coefficient (Wildman–Crippen LogP) is 1.74. The summed E-state index contributed by atoms with van der Waals surface area (Å²) >= 11 is 0. The van der Waals surface area contributed by atoms with Gasteiger partial charge in [-0.1, -0.05) is 0 Å². The second kappa shape index (κ2) is 5.77. The maximum absolute atomic E-state index is 10.5. The van der Waals surface area contributed by atoms with Crippen LogP contribution < -0.4 is 10.6 Å². The standard InChI is InChI=1S/C15H24N4O2/c1-3-16-12-8-13(19-14(18-12)11-4-5-11)17-9-15(20)6-7-21-10(15)2/h8,10-11,20H,3-7,9H2,1-2H3,(H2,16,17,18,19). The maximum Gasteiger partial charge on any atom is 0.136 e. The van der Waals surface area contributed by atoms with E-state index in [1.54, 1.807) is 0 Å². The molecule has 1 aromatic rings. The molecule has 116 valence electrons. The van der Waals surface area contributed by atoms with Crippen LogP contribution >= 0.6 is 0 Å². The second-order valence-electron chi connectivity index (χ2n) is 6.02. The highest BCUT2D eigenvalue weighted by Gasteiger charge is 2.39. The van der Waals surface area contributed by atoms with Crippen molar-refractivity contribution in [1.82, 2.24) is 9.97 Å². The summed E-state index contributed by atoms with van der Waals surface area (Å²) in [7, 11) is 0. The number of nitrogens with one attached hydrogen (secondary N) is 2. The van der Waals surface area contributed by atoms with E-state index in [9.17, 15) is 5.11 Å². The highest BCUT2D eigenvalue weighted by atomic mass is 16.5. The molecule has 1 saturated carbocycles. The van der Waals surface area contributed by atoms with Gasteiger partial charge in [0.1, 0.15) is 23.1 Å². The Balaban J connectivity index is 1.71. The van der Waals surface area contributed by atoms with Crippen molar-refractivity contribution < 1.29 is 9.84 Å². The Kier molecular flexibility index (Phi) is 3.99. The Morgan fingerprint density at radius 3 is 2.62 bits per heavy atom. The Labute approximate surface area is 125 Å². The number of nitrogens with zero attached hydrogens (tertiary/aromatic N) is 2. The van der Waals surface area contributed by atoms with Crippen LogP contribution in [0.1, 0.15) is 44.9 Å². The minimum absolute atomic E-state index is 0.150. The van der Waals surface area contributed by atoms with Gasteiger partial charge in [-0.3, -0.25) is 0 Å². The van der Waals surface area contributed by atoms with E-state index < -0.39 is 5.60 Å². The summed E-state index contributed by atoms with van der Waals surface area (Å²) in [6, 6.07) is 1.90. The van der Waals surface area contributed by atoms with Crippen molar-refractivity contribution in [3.8, 4) is 0 Å². The lowest BCUT2D eigenvalue weighted by Gasteiger charge is -2.26. The lowest BCUT2D eigenvalue weighted by molar-refractivity contribution is -0.0176. The molecule has 0 bridgehead atoms. The first-order valence-corrected chi connectivity index (χ1v) is 7.81. The van der Waals surface area contributed by atoms with E-state index in [1.165, 1.54) is 12.8 Å². The summed E-state index contributed by atoms with van der Waals surface area (Å²) in [6.07, 6.45) is 2.85. The molecule has 2 fully saturated rings. The van der Waals surface area contributed by atoms with Gasteiger partial charge in [-0.2, -0.15) is 0 Å². The highest BCUT2D eigenvalue weighted by molar-refractivity contribution is 5.48. The van der Waals surface area contributed by atoms with Crippen LogP contribution in [0.3, 0.4) is 0 Å². The van der Waals surface area contributed by atoms with E-state index >= 15 is 0 Å². The van der Waals surface area contributed by atoms with Crippen LogP contribution in [0.15, 0.2) is 6.07 Å². The average molecular weight is 292 g/mol. The quantitative estimate of drug-likeness (QED) is 0.741. The number of anilines is 2. The molecule has 1 aliphatic heterocycles. The van der Waals surface area contributed by atoms with Gasteiger partial charge in [0.2, 0.25) is 0 Å². The molecular weight excluding hydrogens is 268 g/mol. The molecule has 1 aromatic heterocycles. The Hall–Kier alpha value is -1.40. The lowest BCUT2D eigenvalue weighted by atomic mass is 9.97. The zero-order chi connectivity index (χ0) is 14.9. The van der Waals surface area contributed by atoms with Crippen molar-refractivity contribution in [3.63, 3.8) is 0 Å². The zero-order valence-corrected chi connectivity index (χ0v) is 12.7. The van der Waals surface area contributed by atoms with E-state index in [-0.39, 0.29) is 6.10 Å². The Bertz CT molecular complexity index is 506. The third-order valence-corrected chi connectivity index (χ3v) is 4.28. The van der Waals surface area contributed by atoms with Gasteiger partial charge in [-0.05, 0) is 26.7 Å². The first-order valence-electron chi connectivity index (χ1n) is 7.81. The van der Waals surface area contributed by atoms with Crippen molar-refractivity contribution >= 4 is 11.6 Å². The van der Waals surface area contributed by atoms with E-state index in [0.717, 1.165) is 24.0 Å². The van der Waals surface area contributed by atoms with Crippen LogP contribution in [0.25, 0.3) is 0 Å². The fourth-order valence-electron chi connectivity index (χ4n) is 2.60. The van der Waals surface area contributed by atoms with Gasteiger partial charge in [0, 0.05) is 38.1 Å². The SMILES string of the molecule is CCNc1cc(NCC2(O)CCOC2C)nc(C2CC2)n1. The molecule has 0 amide bonds. The number of rotatable bonds is 6. The summed E-state index contributed by atoms with van der Waals surface area (Å²) in [5, 5.41) is 17.0. The molecular formula is C15H24N4O2. The molecule has 2 heterocycles. The molecule has 2 unspecified atom stereocenters. The summed E-state index contributed by atoms with van der Waals surface area (Å²) in [4.78, 5) is 9.13. The largest absolute Gasteiger partial charge is 0.385 e. The Morgan fingerprint density at radius 2 is 2.05 bits per heavy atom. The molecule has 0 aromatic carbocycles. The van der Waals surface area contributed by atoms with Gasteiger partial charge < -0.3 is 20.5 Å². The fraction of sp³-hybridized carbons (Fsp3) is 0.733. The first kappa shape index (κ1) is 14.5. The number of hydrogen-bond donors (Lipinski definition) is 3. The molecule has 3 rings (SSSR count). The zero-order valence-electron chi connectivity index (χ0n) is 12.7. The van der Waals surface area contributed by atoms with Crippen LogP contribution in [-0.4, -0.2) is 46.5 Å². The van der Waals surface area contributed by atoms with Crippen molar-refractivity contribution in [3.05, 3.63) is 11.9 Å². The molecule has 1 aliphatic carbocycles. The van der Waals surface area contributed by atoms with Crippen LogP contribution in [-0.2, 0) is 4.74 Å². The molecule has 21 heavy (non-hydrogen) atoms. The lowest BCUT2D eigenvalue weighted by Crippen LogP contribution is -2.43. The van der Waals surface area contributed by atoms with E-state index in [0.29, 0.717) is 25.5 Å². The van der Waals surface area contributed by atoms with Gasteiger partial charge in [0.15, 0.2) is 0 Å². The normalized spacial score (nSPS) is 28.6. The first-order chi connectivity index (χ1) is 10.1. The maximum atomic E-state index is 10.5. The molecule has 6 nitrogen and oxygen atoms in total. The van der Waals surface area contributed by atoms with Crippen molar-refractivity contribution in [2.75, 3.05) is 30.3 Å². The second-order valence-corrected chi connectivity index (χ2v) is 6.02. The third kappa shape index (κ3) is 3.27.